The lowest BCUT2D eigenvalue weighted by atomic mass is 9.77. The van der Waals surface area contributed by atoms with E-state index in [2.05, 4.69) is 5.32 Å². The number of methoxy groups -OCH3 is 3. The Morgan fingerprint density at radius 3 is 1.07 bits per heavy atom. The lowest BCUT2D eigenvalue weighted by Gasteiger charge is -2.43. The predicted octanol–water partition coefficient (Wildman–Crippen LogP) is 12.9. The van der Waals surface area contributed by atoms with Crippen LogP contribution in [0.25, 0.3) is 0 Å². The molecule has 81 heavy (non-hydrogen) atoms. The zero-order chi connectivity index (χ0) is 55.8. The maximum Gasteiger partial charge on any atom is 0.351 e. The highest BCUT2D eigenvalue weighted by Gasteiger charge is 2.57. The van der Waals surface area contributed by atoms with Gasteiger partial charge < -0.3 is 33.7 Å². The number of nitrogens with one attached hydrogen (secondary N) is 1. The van der Waals surface area contributed by atoms with Gasteiger partial charge in [-0.15, -0.1) is 0 Å². The lowest BCUT2D eigenvalue weighted by Crippen LogP contribution is -2.50. The van der Waals surface area contributed by atoms with E-state index in [-0.39, 0.29) is 11.6 Å². The molecular formula is C70H61N3O8. The summed E-state index contributed by atoms with van der Waals surface area (Å²) >= 11 is 0. The normalized spacial score (nSPS) is 16.3. The van der Waals surface area contributed by atoms with E-state index in [0.29, 0.717) is 17.2 Å². The van der Waals surface area contributed by atoms with Crippen LogP contribution in [0.15, 0.2) is 272 Å². The fraction of sp³-hybridized carbons (Fsp3) is 0.157. The van der Waals surface area contributed by atoms with Gasteiger partial charge in [-0.2, -0.15) is 4.98 Å². The topological polar surface area (TPSA) is 119 Å². The highest BCUT2D eigenvalue weighted by Crippen LogP contribution is 2.51. The molecule has 1 aromatic heterocycles. The number of ether oxygens (including phenoxy) is 6. The zero-order valence-electron chi connectivity index (χ0n) is 45.4. The maximum atomic E-state index is 15.5. The molecule has 11 nitrogen and oxygen atoms in total. The minimum absolute atomic E-state index is 0.277. The first kappa shape index (κ1) is 53.6. The van der Waals surface area contributed by atoms with Gasteiger partial charge in [0.25, 0.3) is 0 Å². The fourth-order valence-electron chi connectivity index (χ4n) is 11.4. The molecule has 1 fully saturated rings. The molecule has 0 bridgehead atoms. The van der Waals surface area contributed by atoms with Gasteiger partial charge in [-0.05, 0) is 99.5 Å². The number of aromatic nitrogens is 2. The molecule has 0 unspecified atom stereocenters. The molecule has 0 radical (unpaired) electrons. The van der Waals surface area contributed by atoms with Crippen molar-refractivity contribution in [2.75, 3.05) is 26.6 Å². The molecular weight excluding hydrogens is 1010 g/mol. The Kier molecular flexibility index (Phi) is 15.6. The summed E-state index contributed by atoms with van der Waals surface area (Å²) in [6.07, 6.45) is -3.45. The zero-order valence-corrected chi connectivity index (χ0v) is 45.4. The van der Waals surface area contributed by atoms with Crippen LogP contribution >= 0.6 is 0 Å². The Bertz CT molecular complexity index is 3600. The van der Waals surface area contributed by atoms with Gasteiger partial charge in [0, 0.05) is 6.20 Å². The van der Waals surface area contributed by atoms with E-state index in [4.69, 9.17) is 33.4 Å². The van der Waals surface area contributed by atoms with E-state index >= 15 is 4.79 Å². The van der Waals surface area contributed by atoms with Gasteiger partial charge in [-0.3, -0.25) is 9.36 Å². The summed E-state index contributed by atoms with van der Waals surface area (Å²) in [5.74, 6) is 1.92. The molecule has 404 valence electrons. The highest BCUT2D eigenvalue weighted by atomic mass is 16.6. The molecule has 11 heteroatoms. The SMILES string of the molecule is COc1ccc(C(Nc2ccn([C@@H]3O[C@H](C(C)=O)[C@@H](OC(c4ccccc4)(c4ccccc4)c4ccc(OC)cc4)[C@@H]3OC(c3ccccc3)(c3ccccc3)c3ccc(OC)cc3)c(=O)n2)(c2ccccc2)c2ccccc2)cc1. The van der Waals surface area contributed by atoms with E-state index in [0.717, 1.165) is 50.1 Å². The van der Waals surface area contributed by atoms with Crippen LogP contribution < -0.4 is 25.2 Å². The summed E-state index contributed by atoms with van der Waals surface area (Å²) < 4.78 is 41.6. The molecule has 1 saturated heterocycles. The molecule has 2 heterocycles. The summed E-state index contributed by atoms with van der Waals surface area (Å²) in [5.41, 5.74) is 2.61. The average Bonchev–Trinajstić information content (AvgIpc) is 3.97. The molecule has 0 amide bonds. The molecule has 1 aliphatic heterocycles. The number of ketones is 1. The lowest BCUT2D eigenvalue weighted by molar-refractivity contribution is -0.157. The number of hydrogen-bond donors (Lipinski definition) is 1. The average molecular weight is 1070 g/mol. The van der Waals surface area contributed by atoms with Crippen LogP contribution in [0.3, 0.4) is 0 Å². The molecule has 0 saturated carbocycles. The smallest absolute Gasteiger partial charge is 0.351 e. The van der Waals surface area contributed by atoms with Crippen LogP contribution in [-0.2, 0) is 35.7 Å². The number of carbonyl (C=O) groups is 1. The Morgan fingerprint density at radius 2 is 0.741 bits per heavy atom. The van der Waals surface area contributed by atoms with Crippen LogP contribution in [0.2, 0.25) is 0 Å². The van der Waals surface area contributed by atoms with Crippen LogP contribution in [-0.4, -0.2) is 55.0 Å². The third kappa shape index (κ3) is 10.2. The summed E-state index contributed by atoms with van der Waals surface area (Å²) in [7, 11) is 4.89. The number of benzene rings is 9. The molecule has 1 N–H and O–H groups in total. The predicted molar refractivity (Wildman–Crippen MR) is 314 cm³/mol. The molecule has 9 aromatic carbocycles. The van der Waals surface area contributed by atoms with Crippen LogP contribution in [0.4, 0.5) is 5.82 Å². The van der Waals surface area contributed by atoms with E-state index in [9.17, 15) is 4.79 Å². The maximum absolute atomic E-state index is 15.5. The van der Waals surface area contributed by atoms with Crippen LogP contribution in [0.1, 0.15) is 63.2 Å². The Balaban J connectivity index is 1.14. The molecule has 10 aromatic rings. The fourth-order valence-corrected chi connectivity index (χ4v) is 11.4. The van der Waals surface area contributed by atoms with Crippen molar-refractivity contribution in [3.63, 3.8) is 0 Å². The van der Waals surface area contributed by atoms with E-state index in [1.54, 1.807) is 33.6 Å². The number of hydrogen-bond acceptors (Lipinski definition) is 10. The van der Waals surface area contributed by atoms with Crippen LogP contribution in [0, 0.1) is 0 Å². The van der Waals surface area contributed by atoms with Crippen molar-refractivity contribution >= 4 is 11.6 Å². The first-order valence-electron chi connectivity index (χ1n) is 26.9. The Labute approximate surface area is 472 Å². The quantitative estimate of drug-likeness (QED) is 0.0739. The van der Waals surface area contributed by atoms with Gasteiger partial charge in [-0.1, -0.05) is 218 Å². The minimum Gasteiger partial charge on any atom is -0.497 e. The molecule has 0 aliphatic carbocycles. The third-order valence-corrected chi connectivity index (χ3v) is 15.3. The molecule has 0 spiro atoms. The second kappa shape index (κ2) is 23.5. The van der Waals surface area contributed by atoms with Gasteiger partial charge in [0.1, 0.15) is 58.1 Å². The monoisotopic (exact) mass is 1070 g/mol. The van der Waals surface area contributed by atoms with Crippen molar-refractivity contribution in [1.82, 2.24) is 9.55 Å². The van der Waals surface area contributed by atoms with E-state index in [1.165, 1.54) is 11.5 Å². The third-order valence-electron chi connectivity index (χ3n) is 15.3. The summed E-state index contributed by atoms with van der Waals surface area (Å²) in [6, 6.07) is 84.7. The number of Topliss-reactive ketones (excluding diaryl/α,β-unsaturated/α-hetero) is 1. The van der Waals surface area contributed by atoms with E-state index in [1.807, 2.05) is 255 Å². The Hall–Kier alpha value is -9.39. The van der Waals surface area contributed by atoms with Gasteiger partial charge in [0.15, 0.2) is 12.0 Å². The van der Waals surface area contributed by atoms with Crippen LogP contribution in [0.5, 0.6) is 17.2 Å². The van der Waals surface area contributed by atoms with Crippen molar-refractivity contribution in [3.8, 4) is 17.2 Å². The molecule has 1 aliphatic rings. The van der Waals surface area contributed by atoms with Gasteiger partial charge in [0.2, 0.25) is 0 Å². The van der Waals surface area contributed by atoms with Crippen molar-refractivity contribution < 1.29 is 33.2 Å². The van der Waals surface area contributed by atoms with Crippen molar-refractivity contribution in [3.05, 3.63) is 328 Å². The largest absolute Gasteiger partial charge is 0.497 e. The Morgan fingerprint density at radius 1 is 0.432 bits per heavy atom. The first-order valence-corrected chi connectivity index (χ1v) is 26.9. The van der Waals surface area contributed by atoms with Crippen molar-refractivity contribution in [2.24, 2.45) is 0 Å². The summed E-state index contributed by atoms with van der Waals surface area (Å²) in [6.45, 7) is 1.48. The first-order chi connectivity index (χ1) is 39.7. The summed E-state index contributed by atoms with van der Waals surface area (Å²) in [4.78, 5) is 35.1. The second-order valence-corrected chi connectivity index (χ2v) is 19.8. The molecule has 4 atom stereocenters. The number of carbonyl (C=O) groups excluding carboxylic acids is 1. The number of anilines is 1. The number of nitrogens with zero attached hydrogens (tertiary/aromatic N) is 2. The molecule has 11 rings (SSSR count). The van der Waals surface area contributed by atoms with Gasteiger partial charge >= 0.3 is 5.69 Å². The van der Waals surface area contributed by atoms with E-state index < -0.39 is 47.0 Å². The second-order valence-electron chi connectivity index (χ2n) is 19.8. The van der Waals surface area contributed by atoms with Gasteiger partial charge in [-0.25, -0.2) is 4.79 Å². The van der Waals surface area contributed by atoms with Crippen molar-refractivity contribution in [1.29, 1.82) is 0 Å². The standard InChI is InChI=1S/C70H61N3O8/c1-49(74)63-64(80-69(53-27-15-7-16-28-53,54-29-17-8-18-30-54)57-37-43-60(77-3)44-38-57)65(81-70(55-31-19-9-20-32-55,56-33-21-10-22-34-56)58-39-45-61(78-4)46-40-58)66(79-63)73-48-47-62(71-67(73)75)72-68(50-23-11-5-12-24-50,51-25-13-6-14-26-51)52-35-41-59(76-2)42-36-52/h5-48,63-66H,1-4H3,(H,71,72,75)/t63-,64-,65+,66-/m1/s1. The highest BCUT2D eigenvalue weighted by molar-refractivity contribution is 5.81. The minimum atomic E-state index is -1.45. The van der Waals surface area contributed by atoms with Crippen molar-refractivity contribution in [2.45, 2.75) is 48.2 Å². The summed E-state index contributed by atoms with van der Waals surface area (Å²) in [5, 5.41) is 3.75. The van der Waals surface area contributed by atoms with Gasteiger partial charge in [0.05, 0.1) is 21.3 Å². The number of rotatable bonds is 20.